The Morgan fingerprint density at radius 3 is 1.07 bits per heavy atom. The number of aliphatic hydroxyl groups excluding tert-OH is 2. The fraction of sp³-hybridized carbons (Fsp3) is 0.717. The van der Waals surface area contributed by atoms with Crippen LogP contribution in [0.2, 0.25) is 0 Å². The molecule has 0 aromatic carbocycles. The van der Waals surface area contributed by atoms with E-state index in [4.69, 9.17) is 11.5 Å². The minimum atomic E-state index is -1.77. The molecule has 0 saturated carbocycles. The molecule has 29 nitrogen and oxygen atoms in total. The molecule has 0 rings (SSSR count). The lowest BCUT2D eigenvalue weighted by molar-refractivity contribution is -0.143. The summed E-state index contributed by atoms with van der Waals surface area (Å²) >= 11 is 0. The third-order valence-electron chi connectivity index (χ3n) is 11.1. The molecular formula is C46H79N11O18. The molecule has 0 unspecified atom stereocenters. The summed E-state index contributed by atoms with van der Waals surface area (Å²) in [5.41, 5.74) is 11.1. The van der Waals surface area contributed by atoms with Crippen molar-refractivity contribution in [2.24, 2.45) is 35.1 Å². The molecule has 0 aromatic rings. The van der Waals surface area contributed by atoms with Crippen molar-refractivity contribution < 1.29 is 87.9 Å². The van der Waals surface area contributed by atoms with E-state index in [9.17, 15) is 87.9 Å². The first kappa shape index (κ1) is 68.0. The van der Waals surface area contributed by atoms with Crippen molar-refractivity contribution in [3.8, 4) is 0 Å². The zero-order valence-electron chi connectivity index (χ0n) is 43.9. The van der Waals surface area contributed by atoms with E-state index in [1.165, 1.54) is 34.6 Å². The number of hydrogen-bond donors (Lipinski definition) is 16. The number of nitrogens with one attached hydrogen (secondary N) is 9. The molecule has 0 aliphatic heterocycles. The van der Waals surface area contributed by atoms with Gasteiger partial charge in [-0.3, -0.25) is 57.5 Å². The number of carboxylic acid groups (broad SMARTS) is 3. The van der Waals surface area contributed by atoms with Gasteiger partial charge in [0, 0.05) is 19.3 Å². The van der Waals surface area contributed by atoms with Crippen molar-refractivity contribution in [2.75, 3.05) is 13.2 Å². The van der Waals surface area contributed by atoms with E-state index in [2.05, 4.69) is 47.9 Å². The van der Waals surface area contributed by atoms with E-state index in [0.717, 1.165) is 0 Å². The zero-order valence-corrected chi connectivity index (χ0v) is 43.9. The number of carbonyl (C=O) groups excluding carboxylic acids is 10. The Hall–Kier alpha value is -7.01. The van der Waals surface area contributed by atoms with Crippen LogP contribution in [-0.2, 0) is 62.3 Å². The number of rotatable bonds is 36. The van der Waals surface area contributed by atoms with Gasteiger partial charge in [0.15, 0.2) is 0 Å². The second-order valence-electron chi connectivity index (χ2n) is 19.5. The molecule has 426 valence electrons. The summed E-state index contributed by atoms with van der Waals surface area (Å²) in [4.78, 5) is 167. The van der Waals surface area contributed by atoms with Gasteiger partial charge in [-0.2, -0.15) is 0 Å². The zero-order chi connectivity index (χ0) is 58.0. The summed E-state index contributed by atoms with van der Waals surface area (Å²) in [7, 11) is 0. The van der Waals surface area contributed by atoms with Gasteiger partial charge < -0.3 is 84.9 Å². The Kier molecular flexibility index (Phi) is 30.6. The van der Waals surface area contributed by atoms with E-state index < -0.39 is 201 Å². The van der Waals surface area contributed by atoms with Gasteiger partial charge in [-0.05, 0) is 62.7 Å². The fourth-order valence-corrected chi connectivity index (χ4v) is 6.92. The summed E-state index contributed by atoms with van der Waals surface area (Å²) in [5.74, 6) is -16.1. The number of carbonyl (C=O) groups is 13. The Bertz CT molecular complexity index is 2020. The number of primary amides is 1. The first-order valence-corrected chi connectivity index (χ1v) is 24.4. The molecule has 0 saturated heterocycles. The van der Waals surface area contributed by atoms with Crippen LogP contribution in [0.5, 0.6) is 0 Å². The Balaban J connectivity index is 6.43. The first-order chi connectivity index (χ1) is 34.8. The molecular weight excluding hydrogens is 995 g/mol. The second kappa shape index (κ2) is 33.7. The van der Waals surface area contributed by atoms with Gasteiger partial charge >= 0.3 is 17.9 Å². The summed E-state index contributed by atoms with van der Waals surface area (Å²) in [6.45, 7) is 12.2. The van der Waals surface area contributed by atoms with Crippen molar-refractivity contribution >= 4 is 77.0 Å². The molecule has 0 aromatic heterocycles. The maximum absolute atomic E-state index is 13.9. The molecule has 0 spiro atoms. The Labute approximate surface area is 434 Å². The van der Waals surface area contributed by atoms with Crippen LogP contribution in [0.15, 0.2) is 0 Å². The van der Waals surface area contributed by atoms with Gasteiger partial charge in [0.05, 0.1) is 19.3 Å². The van der Waals surface area contributed by atoms with E-state index >= 15 is 0 Å². The van der Waals surface area contributed by atoms with Gasteiger partial charge in [0.25, 0.3) is 0 Å². The third kappa shape index (κ3) is 26.2. The van der Waals surface area contributed by atoms with Crippen LogP contribution in [0.3, 0.4) is 0 Å². The quantitative estimate of drug-likeness (QED) is 0.0280. The SMILES string of the molecule is CC(C)C[C@H](NC(=O)[C@H](CO)NC(=O)[C@@H](NC(=O)[C@H](CCC(=O)O)NC(=O)[C@H](CCC(=O)O)NC(=O)[C@@H](NC(=O)[C@H](C)NC(=O)[C@H](CCC(N)=O)NC(=O)[C@H](CO)NC(=O)[C@@H](N)CC(C)C)C(C)C)C(C)C)C(=O)O. The lowest BCUT2D eigenvalue weighted by atomic mass is 10.0. The molecule has 10 atom stereocenters. The number of amides is 10. The van der Waals surface area contributed by atoms with Crippen molar-refractivity contribution in [2.45, 2.75) is 174 Å². The number of hydrogen-bond acceptors (Lipinski definition) is 16. The Morgan fingerprint density at radius 1 is 0.387 bits per heavy atom. The van der Waals surface area contributed by atoms with Gasteiger partial charge in [-0.25, -0.2) is 4.79 Å². The van der Waals surface area contributed by atoms with Gasteiger partial charge in [-0.1, -0.05) is 55.4 Å². The normalized spacial score (nSPS) is 15.3. The van der Waals surface area contributed by atoms with Gasteiger partial charge in [0.1, 0.15) is 54.4 Å². The number of carboxylic acids is 3. The topological polar surface area (TPSA) is 483 Å². The van der Waals surface area contributed by atoms with Crippen LogP contribution in [0.4, 0.5) is 0 Å². The van der Waals surface area contributed by atoms with Crippen LogP contribution in [0, 0.1) is 23.7 Å². The molecule has 0 fully saturated rings. The van der Waals surface area contributed by atoms with Crippen LogP contribution in [0.25, 0.3) is 0 Å². The van der Waals surface area contributed by atoms with Crippen LogP contribution in [0.1, 0.15) is 114 Å². The number of aliphatic carboxylic acids is 3. The number of aliphatic hydroxyl groups is 2. The molecule has 10 amide bonds. The van der Waals surface area contributed by atoms with E-state index in [1.54, 1.807) is 13.8 Å². The molecule has 0 aliphatic carbocycles. The molecule has 18 N–H and O–H groups in total. The highest BCUT2D eigenvalue weighted by Gasteiger charge is 2.36. The minimum Gasteiger partial charge on any atom is -0.481 e. The van der Waals surface area contributed by atoms with Crippen LogP contribution < -0.4 is 59.3 Å². The lowest BCUT2D eigenvalue weighted by Gasteiger charge is -2.29. The smallest absolute Gasteiger partial charge is 0.326 e. The standard InChI is InChI=1S/C46H79N11O18/c1-20(2)16-25(47)38(66)54-30(18-58)42(70)51-26(10-13-32(48)60)39(67)49-24(9)37(65)56-35(22(5)6)44(72)52-27(11-14-33(61)62)40(68)50-28(12-15-34(63)64)41(69)57-36(23(7)8)45(73)55-31(19-59)43(71)53-29(46(74)75)17-21(3)4/h20-31,35-36,58-59H,10-19,47H2,1-9H3,(H2,48,60)(H,49,67)(H,50,68)(H,51,70)(H,52,72)(H,53,71)(H,54,66)(H,55,73)(H,56,65)(H,57,69)(H,61,62)(H,63,64)(H,74,75)/t24-,25-,26-,27-,28-,29-,30-,31-,35-,36-/m0/s1. The average Bonchev–Trinajstić information content (AvgIpc) is 3.30. The third-order valence-corrected chi connectivity index (χ3v) is 11.1. The largest absolute Gasteiger partial charge is 0.481 e. The van der Waals surface area contributed by atoms with Crippen molar-refractivity contribution in [1.82, 2.24) is 47.9 Å². The van der Waals surface area contributed by atoms with E-state index in [-0.39, 0.29) is 24.7 Å². The van der Waals surface area contributed by atoms with Crippen molar-refractivity contribution in [1.29, 1.82) is 0 Å². The molecule has 0 bridgehead atoms. The summed E-state index contributed by atoms with van der Waals surface area (Å²) in [5, 5.41) is 69.0. The monoisotopic (exact) mass is 1070 g/mol. The summed E-state index contributed by atoms with van der Waals surface area (Å²) < 4.78 is 0. The lowest BCUT2D eigenvalue weighted by Crippen LogP contribution is -2.61. The maximum Gasteiger partial charge on any atom is 0.326 e. The number of nitrogens with two attached hydrogens (primary N) is 2. The fourth-order valence-electron chi connectivity index (χ4n) is 6.92. The van der Waals surface area contributed by atoms with Crippen molar-refractivity contribution in [3.05, 3.63) is 0 Å². The maximum atomic E-state index is 13.9. The molecule has 0 aliphatic rings. The highest BCUT2D eigenvalue weighted by atomic mass is 16.4. The average molecular weight is 1070 g/mol. The molecule has 75 heavy (non-hydrogen) atoms. The minimum absolute atomic E-state index is 0.0117. The van der Waals surface area contributed by atoms with Gasteiger partial charge in [0.2, 0.25) is 59.1 Å². The molecule has 0 heterocycles. The molecule has 29 heteroatoms. The summed E-state index contributed by atoms with van der Waals surface area (Å²) in [6.07, 6.45) is -3.27. The summed E-state index contributed by atoms with van der Waals surface area (Å²) in [6, 6.07) is -15.3. The second-order valence-corrected chi connectivity index (χ2v) is 19.5. The van der Waals surface area contributed by atoms with E-state index in [1.807, 2.05) is 13.8 Å². The van der Waals surface area contributed by atoms with Crippen molar-refractivity contribution in [3.63, 3.8) is 0 Å². The Morgan fingerprint density at radius 2 is 0.707 bits per heavy atom. The van der Waals surface area contributed by atoms with E-state index in [0.29, 0.717) is 0 Å². The van der Waals surface area contributed by atoms with Crippen LogP contribution >= 0.6 is 0 Å². The first-order valence-electron chi connectivity index (χ1n) is 24.4. The highest BCUT2D eigenvalue weighted by Crippen LogP contribution is 2.11. The predicted octanol–water partition coefficient (Wildman–Crippen LogP) is -4.83. The van der Waals surface area contributed by atoms with Gasteiger partial charge in [-0.15, -0.1) is 0 Å². The van der Waals surface area contributed by atoms with Crippen LogP contribution in [-0.4, -0.2) is 176 Å². The highest BCUT2D eigenvalue weighted by molar-refractivity contribution is 5.99. The molecule has 0 radical (unpaired) electrons. The predicted molar refractivity (Wildman–Crippen MR) is 264 cm³/mol.